The third-order valence-electron chi connectivity index (χ3n) is 5.30. The third kappa shape index (κ3) is 4.68. The van der Waals surface area contributed by atoms with Crippen LogP contribution in [0.4, 0.5) is 10.1 Å². The first kappa shape index (κ1) is 20.9. The Labute approximate surface area is 179 Å². The Hall–Kier alpha value is -2.38. The molecule has 1 aliphatic heterocycles. The SMILES string of the molecule is CCCCn1c(SCc2ccc(F)cc2)nc2ccc(N3CCOCC3)cc2c1=O. The molecular weight excluding hydrogens is 401 g/mol. The van der Waals surface area contributed by atoms with E-state index in [1.807, 2.05) is 18.2 Å². The summed E-state index contributed by atoms with van der Waals surface area (Å²) in [6.07, 6.45) is 1.92. The maximum absolute atomic E-state index is 13.4. The van der Waals surface area contributed by atoms with Gasteiger partial charge in [0.15, 0.2) is 5.16 Å². The Kier molecular flexibility index (Phi) is 6.69. The first-order chi connectivity index (χ1) is 14.7. The number of fused-ring (bicyclic) bond motifs is 1. The van der Waals surface area contributed by atoms with E-state index in [0.717, 1.165) is 37.2 Å². The van der Waals surface area contributed by atoms with Crippen molar-refractivity contribution in [2.75, 3.05) is 31.2 Å². The number of halogens is 1. The second-order valence-electron chi connectivity index (χ2n) is 7.42. The highest BCUT2D eigenvalue weighted by molar-refractivity contribution is 7.98. The maximum atomic E-state index is 13.4. The van der Waals surface area contributed by atoms with E-state index in [2.05, 4.69) is 11.8 Å². The fourth-order valence-electron chi connectivity index (χ4n) is 3.56. The number of aromatic nitrogens is 2. The van der Waals surface area contributed by atoms with Crippen molar-refractivity contribution in [3.05, 3.63) is 64.2 Å². The third-order valence-corrected chi connectivity index (χ3v) is 6.34. The van der Waals surface area contributed by atoms with Crippen molar-refractivity contribution in [3.8, 4) is 0 Å². The summed E-state index contributed by atoms with van der Waals surface area (Å²) in [5.74, 6) is 0.388. The average molecular weight is 428 g/mol. The van der Waals surface area contributed by atoms with E-state index in [0.29, 0.717) is 41.6 Å². The number of hydrogen-bond acceptors (Lipinski definition) is 5. The molecule has 1 aromatic heterocycles. The molecule has 4 rings (SSSR count). The summed E-state index contributed by atoms with van der Waals surface area (Å²) in [5, 5.41) is 1.37. The van der Waals surface area contributed by atoms with Crippen LogP contribution >= 0.6 is 11.8 Å². The Morgan fingerprint density at radius 2 is 1.90 bits per heavy atom. The smallest absolute Gasteiger partial charge is 0.262 e. The fourth-order valence-corrected chi connectivity index (χ4v) is 4.54. The molecule has 1 aliphatic rings. The van der Waals surface area contributed by atoms with Crippen molar-refractivity contribution < 1.29 is 9.13 Å². The largest absolute Gasteiger partial charge is 0.378 e. The summed E-state index contributed by atoms with van der Waals surface area (Å²) < 4.78 is 20.4. The number of hydrogen-bond donors (Lipinski definition) is 0. The minimum atomic E-state index is -0.247. The molecule has 2 heterocycles. The zero-order valence-electron chi connectivity index (χ0n) is 17.1. The van der Waals surface area contributed by atoms with E-state index in [-0.39, 0.29) is 11.4 Å². The van der Waals surface area contributed by atoms with Gasteiger partial charge in [0.25, 0.3) is 5.56 Å². The number of nitrogens with zero attached hydrogens (tertiary/aromatic N) is 3. The quantitative estimate of drug-likeness (QED) is 0.411. The topological polar surface area (TPSA) is 47.4 Å². The average Bonchev–Trinajstić information content (AvgIpc) is 2.79. The number of morpholine rings is 1. The molecule has 0 bridgehead atoms. The second kappa shape index (κ2) is 9.62. The molecular formula is C23H26FN3O2S. The van der Waals surface area contributed by atoms with Crippen LogP contribution in [0.3, 0.4) is 0 Å². The van der Waals surface area contributed by atoms with E-state index in [1.54, 1.807) is 16.7 Å². The maximum Gasteiger partial charge on any atom is 0.262 e. The lowest BCUT2D eigenvalue weighted by atomic mass is 10.2. The van der Waals surface area contributed by atoms with Gasteiger partial charge in [0, 0.05) is 31.1 Å². The molecule has 1 saturated heterocycles. The van der Waals surface area contributed by atoms with Gasteiger partial charge in [-0.15, -0.1) is 0 Å². The highest BCUT2D eigenvalue weighted by Crippen LogP contribution is 2.25. The molecule has 0 amide bonds. The van der Waals surface area contributed by atoms with Crippen molar-refractivity contribution in [3.63, 3.8) is 0 Å². The van der Waals surface area contributed by atoms with Crippen LogP contribution in [0.1, 0.15) is 25.3 Å². The predicted octanol–water partition coefficient (Wildman–Crippen LogP) is 4.46. The Balaban J connectivity index is 1.67. The van der Waals surface area contributed by atoms with Crippen molar-refractivity contribution in [1.29, 1.82) is 0 Å². The van der Waals surface area contributed by atoms with Gasteiger partial charge in [-0.05, 0) is 42.3 Å². The van der Waals surface area contributed by atoms with Crippen LogP contribution in [0.2, 0.25) is 0 Å². The highest BCUT2D eigenvalue weighted by atomic mass is 32.2. The van der Waals surface area contributed by atoms with Crippen LogP contribution in [0.5, 0.6) is 0 Å². The first-order valence-electron chi connectivity index (χ1n) is 10.4. The van der Waals surface area contributed by atoms with Gasteiger partial charge in [0.05, 0.1) is 24.1 Å². The van der Waals surface area contributed by atoms with Crippen molar-refractivity contribution in [2.45, 2.75) is 37.2 Å². The number of anilines is 1. The minimum Gasteiger partial charge on any atom is -0.378 e. The van der Waals surface area contributed by atoms with Crippen molar-refractivity contribution in [1.82, 2.24) is 9.55 Å². The lowest BCUT2D eigenvalue weighted by Gasteiger charge is -2.29. The standard InChI is InChI=1S/C23H26FN3O2S/c1-2-3-10-27-22(28)20-15-19(26-11-13-29-14-12-26)8-9-21(20)25-23(27)30-16-17-4-6-18(24)7-5-17/h4-9,15H,2-3,10-14,16H2,1H3. The van der Waals surface area contributed by atoms with Crippen molar-refractivity contribution in [2.24, 2.45) is 0 Å². The molecule has 1 fully saturated rings. The fraction of sp³-hybridized carbons (Fsp3) is 0.391. The van der Waals surface area contributed by atoms with Gasteiger partial charge in [-0.2, -0.15) is 0 Å². The van der Waals surface area contributed by atoms with Crippen LogP contribution in [0, 0.1) is 5.82 Å². The lowest BCUT2D eigenvalue weighted by molar-refractivity contribution is 0.122. The number of rotatable bonds is 7. The van der Waals surface area contributed by atoms with Crippen LogP contribution in [0.25, 0.3) is 10.9 Å². The molecule has 2 aromatic carbocycles. The lowest BCUT2D eigenvalue weighted by Crippen LogP contribution is -2.36. The Morgan fingerprint density at radius 3 is 2.63 bits per heavy atom. The Bertz CT molecular complexity index is 1060. The molecule has 7 heteroatoms. The van der Waals surface area contributed by atoms with Gasteiger partial charge in [-0.25, -0.2) is 9.37 Å². The molecule has 0 radical (unpaired) electrons. The summed E-state index contributed by atoms with van der Waals surface area (Å²) >= 11 is 1.52. The zero-order valence-corrected chi connectivity index (χ0v) is 18.0. The van der Waals surface area contributed by atoms with Gasteiger partial charge in [-0.3, -0.25) is 9.36 Å². The van der Waals surface area contributed by atoms with Crippen LogP contribution in [0.15, 0.2) is 52.4 Å². The molecule has 3 aromatic rings. The van der Waals surface area contributed by atoms with E-state index >= 15 is 0 Å². The summed E-state index contributed by atoms with van der Waals surface area (Å²) in [7, 11) is 0. The Morgan fingerprint density at radius 1 is 1.13 bits per heavy atom. The van der Waals surface area contributed by atoms with Gasteiger partial charge in [0.2, 0.25) is 0 Å². The highest BCUT2D eigenvalue weighted by Gasteiger charge is 2.16. The molecule has 0 N–H and O–H groups in total. The van der Waals surface area contributed by atoms with E-state index < -0.39 is 0 Å². The molecule has 30 heavy (non-hydrogen) atoms. The molecule has 0 saturated carbocycles. The van der Waals surface area contributed by atoms with Gasteiger partial charge < -0.3 is 9.64 Å². The number of thioether (sulfide) groups is 1. The van der Waals surface area contributed by atoms with E-state index in [9.17, 15) is 9.18 Å². The molecule has 158 valence electrons. The zero-order chi connectivity index (χ0) is 20.9. The summed E-state index contributed by atoms with van der Waals surface area (Å²) in [5.41, 5.74) is 2.76. The number of benzene rings is 2. The predicted molar refractivity (Wildman–Crippen MR) is 120 cm³/mol. The minimum absolute atomic E-state index is 0.00478. The normalized spacial score (nSPS) is 14.4. The second-order valence-corrected chi connectivity index (χ2v) is 8.36. The molecule has 0 unspecified atom stereocenters. The molecule has 5 nitrogen and oxygen atoms in total. The van der Waals surface area contributed by atoms with Crippen molar-refractivity contribution >= 4 is 28.4 Å². The number of ether oxygens (including phenoxy) is 1. The first-order valence-corrected chi connectivity index (χ1v) is 11.4. The van der Waals surface area contributed by atoms with E-state index in [1.165, 1.54) is 23.9 Å². The van der Waals surface area contributed by atoms with Gasteiger partial charge >= 0.3 is 0 Å². The van der Waals surface area contributed by atoms with Crippen LogP contribution < -0.4 is 10.5 Å². The molecule has 0 spiro atoms. The van der Waals surface area contributed by atoms with Crippen LogP contribution in [-0.4, -0.2) is 35.9 Å². The van der Waals surface area contributed by atoms with E-state index in [4.69, 9.17) is 9.72 Å². The van der Waals surface area contributed by atoms with Gasteiger partial charge in [0.1, 0.15) is 5.82 Å². The van der Waals surface area contributed by atoms with Crippen LogP contribution in [-0.2, 0) is 17.0 Å². The molecule has 0 aliphatic carbocycles. The summed E-state index contributed by atoms with van der Waals surface area (Å²) in [4.78, 5) is 20.4. The molecule has 0 atom stereocenters. The summed E-state index contributed by atoms with van der Waals surface area (Å²) in [6.45, 7) is 5.82. The number of unbranched alkanes of at least 4 members (excludes halogenated alkanes) is 1. The monoisotopic (exact) mass is 427 g/mol. The summed E-state index contributed by atoms with van der Waals surface area (Å²) in [6, 6.07) is 12.4. The van der Waals surface area contributed by atoms with Gasteiger partial charge in [-0.1, -0.05) is 37.2 Å².